The maximum absolute atomic E-state index is 13.6. The van der Waals surface area contributed by atoms with Crippen LogP contribution in [0.4, 0.5) is 0 Å². The van der Waals surface area contributed by atoms with E-state index in [0.29, 0.717) is 23.9 Å². The van der Waals surface area contributed by atoms with Crippen molar-refractivity contribution >= 4 is 19.7 Å². The maximum atomic E-state index is 13.6. The van der Waals surface area contributed by atoms with E-state index in [-0.39, 0.29) is 24.9 Å². The highest BCUT2D eigenvalue weighted by molar-refractivity contribution is 7.45. The van der Waals surface area contributed by atoms with Crippen LogP contribution in [0.3, 0.4) is 0 Å². The first-order valence-electron chi connectivity index (χ1n) is 37.2. The van der Waals surface area contributed by atoms with Crippen molar-refractivity contribution in [2.45, 2.75) is 367 Å². The van der Waals surface area contributed by atoms with Crippen LogP contribution in [0, 0.1) is 0 Å². The molecule has 0 fully saturated rings. The van der Waals surface area contributed by atoms with Crippen molar-refractivity contribution in [3.63, 3.8) is 0 Å². The molecule has 508 valence electrons. The summed E-state index contributed by atoms with van der Waals surface area (Å²) < 4.78 is 30.5. The van der Waals surface area contributed by atoms with E-state index >= 15 is 0 Å². The zero-order valence-corrected chi connectivity index (χ0v) is 59.1. The lowest BCUT2D eigenvalue weighted by molar-refractivity contribution is -0.870. The minimum absolute atomic E-state index is 0.0272. The molecule has 1 amide bonds. The number of unbranched alkanes of at least 4 members (excludes halogenated alkanes) is 42. The van der Waals surface area contributed by atoms with Crippen LogP contribution in [-0.4, -0.2) is 69.4 Å². The molecule has 0 radical (unpaired) electrons. The molecule has 87 heavy (non-hydrogen) atoms. The van der Waals surface area contributed by atoms with Gasteiger partial charge in [-0.2, -0.15) is 0 Å². The first-order chi connectivity index (χ1) is 42.4. The van der Waals surface area contributed by atoms with Gasteiger partial charge in [-0.15, -0.1) is 0 Å². The van der Waals surface area contributed by atoms with Gasteiger partial charge in [0.15, 0.2) is 0 Å². The van der Waals surface area contributed by atoms with Crippen molar-refractivity contribution in [2.24, 2.45) is 0 Å². The number of amides is 1. The quantitative estimate of drug-likeness (QED) is 0.0212. The SMILES string of the molecule is CC/C=C\C/C=C\C/C=C\C/C=C\C/C=C\CCCCCCCC(=O)NC(COP(=O)([O-])OCC[N+](C)(C)C)C(/C=C\CCCCCCCCCCCCC)OC(=O)CCCCCCCCCCCCCCCCCCCCCCCCCCCCC. The number of hydrogen-bond acceptors (Lipinski definition) is 7. The summed E-state index contributed by atoms with van der Waals surface area (Å²) in [6, 6.07) is -0.901. The molecular formula is C77H143N2O7P. The number of carbonyl (C=O) groups excluding carboxylic acids is 2. The number of nitrogens with one attached hydrogen (secondary N) is 1. The summed E-state index contributed by atoms with van der Waals surface area (Å²) in [5, 5.41) is 3.04. The second kappa shape index (κ2) is 66.4. The van der Waals surface area contributed by atoms with Crippen LogP contribution in [0.1, 0.15) is 355 Å². The zero-order valence-electron chi connectivity index (χ0n) is 58.2. The van der Waals surface area contributed by atoms with Crippen LogP contribution in [0.15, 0.2) is 72.9 Å². The number of nitrogens with zero attached hydrogens (tertiary/aromatic N) is 1. The number of esters is 1. The Labute approximate surface area is 540 Å². The second-order valence-corrected chi connectivity index (χ2v) is 27.8. The molecular weight excluding hydrogens is 1100 g/mol. The Balaban J connectivity index is 5.04. The summed E-state index contributed by atoms with van der Waals surface area (Å²) in [6.07, 6.45) is 87.5. The van der Waals surface area contributed by atoms with Gasteiger partial charge >= 0.3 is 5.97 Å². The lowest BCUT2D eigenvalue weighted by atomic mass is 10.0. The van der Waals surface area contributed by atoms with E-state index in [2.05, 4.69) is 86.8 Å². The molecule has 0 aliphatic carbocycles. The number of phosphoric acid groups is 1. The van der Waals surface area contributed by atoms with E-state index in [1.165, 1.54) is 212 Å². The van der Waals surface area contributed by atoms with Crippen LogP contribution in [0.5, 0.6) is 0 Å². The van der Waals surface area contributed by atoms with Gasteiger partial charge < -0.3 is 28.5 Å². The Kier molecular flexibility index (Phi) is 64.4. The molecule has 0 aliphatic rings. The van der Waals surface area contributed by atoms with Crippen molar-refractivity contribution in [3.8, 4) is 0 Å². The number of quaternary nitrogens is 1. The van der Waals surface area contributed by atoms with Crippen molar-refractivity contribution in [2.75, 3.05) is 40.9 Å². The van der Waals surface area contributed by atoms with Crippen LogP contribution in [0.2, 0.25) is 0 Å². The number of carbonyl (C=O) groups is 2. The highest BCUT2D eigenvalue weighted by Gasteiger charge is 2.27. The lowest BCUT2D eigenvalue weighted by Crippen LogP contribution is -2.47. The van der Waals surface area contributed by atoms with E-state index < -0.39 is 26.6 Å². The van der Waals surface area contributed by atoms with Gasteiger partial charge in [0, 0.05) is 12.8 Å². The third-order valence-electron chi connectivity index (χ3n) is 16.7. The fourth-order valence-corrected chi connectivity index (χ4v) is 11.7. The van der Waals surface area contributed by atoms with Crippen LogP contribution in [-0.2, 0) is 27.9 Å². The fourth-order valence-electron chi connectivity index (χ4n) is 11.0. The molecule has 0 spiro atoms. The van der Waals surface area contributed by atoms with Crippen LogP contribution < -0.4 is 10.2 Å². The first kappa shape index (κ1) is 84.5. The minimum Gasteiger partial charge on any atom is -0.756 e. The van der Waals surface area contributed by atoms with E-state index in [9.17, 15) is 19.0 Å². The summed E-state index contributed by atoms with van der Waals surface area (Å²) in [6.45, 7) is 6.76. The standard InChI is InChI=1S/C77H143N2O7P/c1-7-10-13-16-19-22-25-28-30-32-34-36-37-38-39-40-41-43-45-47-49-52-55-58-61-64-67-70-77(81)86-75(68-65-62-59-56-53-50-27-24-21-18-15-12-9-3)74(73-85-87(82,83)84-72-71-79(4,5)6)78-76(80)69-66-63-60-57-54-51-48-46-44-42-35-33-31-29-26-23-20-17-14-11-8-2/h11,14,20,23,29,31,35,42,46,48,65,68,74-75H,7-10,12-13,15-19,21-22,24-28,30,32-34,36-41,43-45,47,49-64,66-67,69-73H2,1-6H3,(H-,78,80,82,83)/b14-11-,23-20-,31-29-,42-35-,48-46-,68-65-. The Morgan fingerprint density at radius 3 is 1.10 bits per heavy atom. The number of phosphoric ester groups is 1. The zero-order chi connectivity index (χ0) is 63.5. The number of rotatable bonds is 68. The van der Waals surface area contributed by atoms with Crippen molar-refractivity contribution in [3.05, 3.63) is 72.9 Å². The maximum Gasteiger partial charge on any atom is 0.306 e. The number of likely N-dealkylation sites (N-methyl/N-ethyl adjacent to an activating group) is 1. The second-order valence-electron chi connectivity index (χ2n) is 26.4. The fraction of sp³-hybridized carbons (Fsp3) is 0.818. The molecule has 3 unspecified atom stereocenters. The smallest absolute Gasteiger partial charge is 0.306 e. The molecule has 0 heterocycles. The van der Waals surface area contributed by atoms with Gasteiger partial charge in [-0.05, 0) is 76.7 Å². The molecule has 1 N–H and O–H groups in total. The average Bonchev–Trinajstić information content (AvgIpc) is 3.69. The Hall–Kier alpha value is -2.55. The highest BCUT2D eigenvalue weighted by atomic mass is 31.2. The van der Waals surface area contributed by atoms with Crippen LogP contribution in [0.25, 0.3) is 0 Å². The number of ether oxygens (including phenoxy) is 1. The highest BCUT2D eigenvalue weighted by Crippen LogP contribution is 2.38. The molecule has 0 rings (SSSR count). The molecule has 0 aliphatic heterocycles. The predicted molar refractivity (Wildman–Crippen MR) is 376 cm³/mol. The summed E-state index contributed by atoms with van der Waals surface area (Å²) in [5.74, 6) is -0.549. The Morgan fingerprint density at radius 2 is 0.736 bits per heavy atom. The molecule has 0 aromatic carbocycles. The molecule has 0 aromatic rings. The largest absolute Gasteiger partial charge is 0.756 e. The Morgan fingerprint density at radius 1 is 0.414 bits per heavy atom. The molecule has 9 nitrogen and oxygen atoms in total. The number of hydrogen-bond donors (Lipinski definition) is 1. The molecule has 0 aromatic heterocycles. The van der Waals surface area contributed by atoms with Gasteiger partial charge in [-0.1, -0.05) is 338 Å². The third-order valence-corrected chi connectivity index (χ3v) is 17.6. The molecule has 0 saturated heterocycles. The normalized spacial score (nSPS) is 13.9. The molecule has 0 saturated carbocycles. The molecule has 3 atom stereocenters. The summed E-state index contributed by atoms with van der Waals surface area (Å²) in [5.41, 5.74) is 0. The Bertz CT molecular complexity index is 1720. The summed E-state index contributed by atoms with van der Waals surface area (Å²) in [4.78, 5) is 40.2. The van der Waals surface area contributed by atoms with Gasteiger partial charge in [0.05, 0.1) is 33.8 Å². The summed E-state index contributed by atoms with van der Waals surface area (Å²) >= 11 is 0. The van der Waals surface area contributed by atoms with Crippen molar-refractivity contribution in [1.82, 2.24) is 5.32 Å². The van der Waals surface area contributed by atoms with Gasteiger partial charge in [0.25, 0.3) is 7.82 Å². The van der Waals surface area contributed by atoms with Gasteiger partial charge in [-0.25, -0.2) is 0 Å². The van der Waals surface area contributed by atoms with Gasteiger partial charge in [0.2, 0.25) is 5.91 Å². The minimum atomic E-state index is -4.71. The van der Waals surface area contributed by atoms with E-state index in [1.807, 2.05) is 33.3 Å². The summed E-state index contributed by atoms with van der Waals surface area (Å²) in [7, 11) is 1.18. The third kappa shape index (κ3) is 67.7. The van der Waals surface area contributed by atoms with E-state index in [1.54, 1.807) is 0 Å². The van der Waals surface area contributed by atoms with E-state index in [4.69, 9.17) is 13.8 Å². The van der Waals surface area contributed by atoms with Gasteiger partial charge in [-0.3, -0.25) is 14.2 Å². The average molecular weight is 1240 g/mol. The van der Waals surface area contributed by atoms with Crippen molar-refractivity contribution < 1.29 is 37.3 Å². The van der Waals surface area contributed by atoms with Crippen molar-refractivity contribution in [1.29, 1.82) is 0 Å². The topological polar surface area (TPSA) is 114 Å². The molecule has 0 bridgehead atoms. The predicted octanol–water partition coefficient (Wildman–Crippen LogP) is 23.3. The molecule has 10 heteroatoms. The number of allylic oxidation sites excluding steroid dienone is 11. The monoisotopic (exact) mass is 1240 g/mol. The lowest BCUT2D eigenvalue weighted by Gasteiger charge is -2.30. The van der Waals surface area contributed by atoms with E-state index in [0.717, 1.165) is 103 Å². The van der Waals surface area contributed by atoms with Crippen LogP contribution >= 0.6 is 7.82 Å². The van der Waals surface area contributed by atoms with Gasteiger partial charge in [0.1, 0.15) is 19.3 Å². The first-order valence-corrected chi connectivity index (χ1v) is 38.7.